The van der Waals surface area contributed by atoms with Crippen molar-refractivity contribution >= 4 is 40.5 Å². The Kier molecular flexibility index (Phi) is 2.14. The van der Waals surface area contributed by atoms with Gasteiger partial charge < -0.3 is 4.98 Å². The summed E-state index contributed by atoms with van der Waals surface area (Å²) in [6, 6.07) is -0.839. The van der Waals surface area contributed by atoms with E-state index < -0.39 is 23.2 Å². The molecule has 2 aromatic rings. The Hall–Kier alpha value is -3.70. The Balaban J connectivity index is 1.89. The maximum absolute atomic E-state index is 11.6. The van der Waals surface area contributed by atoms with Crippen LogP contribution in [-0.4, -0.2) is 49.3 Å². The van der Waals surface area contributed by atoms with Crippen molar-refractivity contribution in [3.8, 4) is 0 Å². The third-order valence-electron chi connectivity index (χ3n) is 2.89. The van der Waals surface area contributed by atoms with Gasteiger partial charge >= 0.3 is 11.7 Å². The van der Waals surface area contributed by atoms with Gasteiger partial charge in [0, 0.05) is 0 Å². The molecule has 4 heterocycles. The van der Waals surface area contributed by atoms with Crippen LogP contribution in [0, 0.1) is 0 Å². The zero-order chi connectivity index (χ0) is 15.4. The first kappa shape index (κ1) is 12.1. The number of amides is 3. The van der Waals surface area contributed by atoms with Crippen molar-refractivity contribution in [1.29, 1.82) is 0 Å². The van der Waals surface area contributed by atoms with E-state index in [1.165, 1.54) is 0 Å². The highest BCUT2D eigenvalue weighted by Gasteiger charge is 2.32. The number of aromatic amines is 3. The standard InChI is InChI=1S/C10H4N8O4/c19-7-1-3(15-9(21)17-7)13-5(11-1)6-12-2-4(14-6)16-10(22)18-8(2)20/h(H,17,19,21)(H3,12,14,16,18,20,22). The first-order valence-corrected chi connectivity index (χ1v) is 5.86. The molecule has 22 heavy (non-hydrogen) atoms. The van der Waals surface area contributed by atoms with Crippen LogP contribution in [0.15, 0.2) is 24.6 Å². The number of hydrogen-bond donors (Lipinski definition) is 4. The van der Waals surface area contributed by atoms with Gasteiger partial charge in [-0.05, 0) is 0 Å². The predicted octanol–water partition coefficient (Wildman–Crippen LogP) is -2.21. The summed E-state index contributed by atoms with van der Waals surface area (Å²) in [4.78, 5) is 67.8. The van der Waals surface area contributed by atoms with Gasteiger partial charge in [0.25, 0.3) is 11.5 Å². The lowest BCUT2D eigenvalue weighted by Crippen LogP contribution is -2.41. The van der Waals surface area contributed by atoms with Crippen molar-refractivity contribution in [3.63, 3.8) is 0 Å². The average molecular weight is 300 g/mol. The van der Waals surface area contributed by atoms with Gasteiger partial charge in [0.1, 0.15) is 5.52 Å². The van der Waals surface area contributed by atoms with Gasteiger partial charge in [-0.2, -0.15) is 4.99 Å². The minimum absolute atomic E-state index is 0.0176. The highest BCUT2D eigenvalue weighted by Crippen LogP contribution is 2.11. The normalized spacial score (nSPS) is 17.0. The maximum Gasteiger partial charge on any atom is 0.350 e. The lowest BCUT2D eigenvalue weighted by molar-refractivity contribution is -0.113. The number of carbonyl (C=O) groups excluding carboxylic acids is 2. The zero-order valence-electron chi connectivity index (χ0n) is 10.4. The molecule has 12 heteroatoms. The summed E-state index contributed by atoms with van der Waals surface area (Å²) in [5.41, 5.74) is -1.46. The molecule has 0 radical (unpaired) electrons. The second-order valence-corrected chi connectivity index (χ2v) is 4.31. The van der Waals surface area contributed by atoms with Gasteiger partial charge in [-0.1, -0.05) is 0 Å². The van der Waals surface area contributed by atoms with Crippen LogP contribution in [0.5, 0.6) is 0 Å². The largest absolute Gasteiger partial charge is 0.350 e. The third kappa shape index (κ3) is 1.64. The van der Waals surface area contributed by atoms with Crippen molar-refractivity contribution in [2.45, 2.75) is 0 Å². The van der Waals surface area contributed by atoms with E-state index in [0.717, 1.165) is 0 Å². The molecule has 0 aliphatic carbocycles. The summed E-state index contributed by atoms with van der Waals surface area (Å²) >= 11 is 0. The van der Waals surface area contributed by atoms with Crippen LogP contribution in [0.1, 0.15) is 5.82 Å². The maximum atomic E-state index is 11.6. The van der Waals surface area contributed by atoms with Crippen molar-refractivity contribution in [3.05, 3.63) is 26.7 Å². The molecule has 4 rings (SSSR count). The number of imide groups is 1. The number of carbonyl (C=O) groups is 2. The van der Waals surface area contributed by atoms with Gasteiger partial charge in [0.2, 0.25) is 0 Å². The molecule has 12 nitrogen and oxygen atoms in total. The minimum Gasteiger partial charge on any atom is -0.329 e. The van der Waals surface area contributed by atoms with Crippen LogP contribution >= 0.6 is 0 Å². The molecule has 2 aliphatic heterocycles. The number of imidazole rings is 1. The molecular weight excluding hydrogens is 296 g/mol. The molecule has 0 bridgehead atoms. The molecule has 0 atom stereocenters. The molecule has 2 aromatic heterocycles. The first-order valence-electron chi connectivity index (χ1n) is 5.86. The van der Waals surface area contributed by atoms with Crippen molar-refractivity contribution < 1.29 is 9.59 Å². The fourth-order valence-electron chi connectivity index (χ4n) is 1.99. The number of aromatic nitrogens is 4. The van der Waals surface area contributed by atoms with E-state index in [2.05, 4.69) is 29.9 Å². The number of H-pyrrole nitrogens is 3. The zero-order valence-corrected chi connectivity index (χ0v) is 10.4. The summed E-state index contributed by atoms with van der Waals surface area (Å²) in [5, 5.41) is 1.96. The Bertz CT molecular complexity index is 1080. The van der Waals surface area contributed by atoms with Crippen LogP contribution in [-0.2, 0) is 4.79 Å². The van der Waals surface area contributed by atoms with Crippen molar-refractivity contribution in [2.24, 2.45) is 15.0 Å². The lowest BCUT2D eigenvalue weighted by atomic mass is 10.3. The predicted molar refractivity (Wildman–Crippen MR) is 72.3 cm³/mol. The first-order chi connectivity index (χ1) is 10.5. The average Bonchev–Trinajstić information content (AvgIpc) is 3.01. The number of nitrogens with one attached hydrogen (secondary N) is 4. The number of nitrogens with zero attached hydrogens (tertiary/aromatic N) is 4. The van der Waals surface area contributed by atoms with Gasteiger partial charge in [0.05, 0.1) is 0 Å². The van der Waals surface area contributed by atoms with E-state index in [-0.39, 0.29) is 34.4 Å². The van der Waals surface area contributed by atoms with E-state index in [4.69, 9.17) is 0 Å². The van der Waals surface area contributed by atoms with E-state index >= 15 is 0 Å². The molecule has 0 spiro atoms. The number of amidine groups is 2. The minimum atomic E-state index is -0.839. The van der Waals surface area contributed by atoms with Gasteiger partial charge in [-0.25, -0.2) is 24.6 Å². The molecule has 3 amide bonds. The van der Waals surface area contributed by atoms with Crippen molar-refractivity contribution in [1.82, 2.24) is 25.3 Å². The molecule has 2 aliphatic rings. The number of urea groups is 1. The second-order valence-electron chi connectivity index (χ2n) is 4.31. The quantitative estimate of drug-likeness (QED) is 0.465. The van der Waals surface area contributed by atoms with Crippen molar-refractivity contribution in [2.75, 3.05) is 0 Å². The molecule has 0 aromatic carbocycles. The molecule has 0 saturated carbocycles. The molecular formula is C10H4N8O4. The van der Waals surface area contributed by atoms with Crippen LogP contribution in [0.25, 0.3) is 11.2 Å². The fourth-order valence-corrected chi connectivity index (χ4v) is 1.99. The van der Waals surface area contributed by atoms with Crippen LogP contribution < -0.4 is 16.6 Å². The van der Waals surface area contributed by atoms with Crippen LogP contribution in [0.4, 0.5) is 4.79 Å². The van der Waals surface area contributed by atoms with Crippen LogP contribution in [0.3, 0.4) is 0 Å². The third-order valence-corrected chi connectivity index (χ3v) is 2.89. The Morgan fingerprint density at radius 2 is 1.64 bits per heavy atom. The molecule has 0 unspecified atom stereocenters. The lowest BCUT2D eigenvalue weighted by Gasteiger charge is -2.05. The SMILES string of the molecule is O=C1N=C2N=C(c3nc4[nH]c(=O)[nH]c(=O)c4[nH]3)N=C2C(=O)N1. The number of aliphatic imine (C=N–C) groups is 3. The molecule has 0 saturated heterocycles. The fraction of sp³-hybridized carbons (Fsp3) is 0. The second kappa shape index (κ2) is 3.91. The number of rotatable bonds is 1. The smallest absolute Gasteiger partial charge is 0.329 e. The summed E-state index contributed by atoms with van der Waals surface area (Å²) in [7, 11) is 0. The van der Waals surface area contributed by atoms with Gasteiger partial charge in [-0.15, -0.1) is 0 Å². The monoisotopic (exact) mass is 300 g/mol. The van der Waals surface area contributed by atoms with Crippen LogP contribution in [0.2, 0.25) is 0 Å². The highest BCUT2D eigenvalue weighted by molar-refractivity contribution is 6.72. The highest BCUT2D eigenvalue weighted by atomic mass is 16.2. The number of fused-ring (bicyclic) bond motifs is 2. The summed E-state index contributed by atoms with van der Waals surface area (Å²) < 4.78 is 0. The molecule has 108 valence electrons. The molecule has 4 N–H and O–H groups in total. The Labute approximate surface area is 118 Å². The van der Waals surface area contributed by atoms with E-state index in [0.29, 0.717) is 0 Å². The van der Waals surface area contributed by atoms with E-state index in [1.807, 2.05) is 10.3 Å². The van der Waals surface area contributed by atoms with Gasteiger partial charge in [-0.3, -0.25) is 24.9 Å². The topological polar surface area (TPSA) is 178 Å². The Morgan fingerprint density at radius 1 is 0.818 bits per heavy atom. The molecule has 0 fully saturated rings. The Morgan fingerprint density at radius 3 is 2.45 bits per heavy atom. The van der Waals surface area contributed by atoms with E-state index in [9.17, 15) is 19.2 Å². The number of hydrogen-bond acceptors (Lipinski definition) is 7. The van der Waals surface area contributed by atoms with E-state index in [1.54, 1.807) is 0 Å². The summed E-state index contributed by atoms with van der Waals surface area (Å²) in [6.45, 7) is 0. The summed E-state index contributed by atoms with van der Waals surface area (Å²) in [6.07, 6.45) is 0. The van der Waals surface area contributed by atoms with Gasteiger partial charge in [0.15, 0.2) is 28.9 Å². The summed E-state index contributed by atoms with van der Waals surface area (Å²) in [5.74, 6) is -0.843.